The molecule has 110 valence electrons. The Morgan fingerprint density at radius 2 is 2.20 bits per heavy atom. The number of nitro benzene ring substituents is 1. The first kappa shape index (κ1) is 16.4. The van der Waals surface area contributed by atoms with Crippen LogP contribution in [0.15, 0.2) is 16.6 Å². The number of aryl methyl sites for hydroxylation is 1. The zero-order chi connectivity index (χ0) is 15.3. The van der Waals surface area contributed by atoms with Crippen molar-refractivity contribution in [3.05, 3.63) is 32.3 Å². The Balaban J connectivity index is 3.11. The number of ether oxygens (including phenoxy) is 1. The van der Waals surface area contributed by atoms with Gasteiger partial charge in [-0.05, 0) is 31.4 Å². The van der Waals surface area contributed by atoms with Crippen molar-refractivity contribution in [2.75, 3.05) is 0 Å². The zero-order valence-corrected chi connectivity index (χ0v) is 12.8. The van der Waals surface area contributed by atoms with E-state index in [9.17, 15) is 14.9 Å². The van der Waals surface area contributed by atoms with E-state index in [1.54, 1.807) is 13.0 Å². The molecule has 1 N–H and O–H groups in total. The standard InChI is InChI=1S/C13H16BrNO5/c1-3-4-5-11(13(16)17)20-12-8(2)6-9(14)7-10(12)15(18)19/h6-7,11H,3-5H2,1-2H3,(H,16,17). The molecule has 0 heterocycles. The number of benzene rings is 1. The highest BCUT2D eigenvalue weighted by molar-refractivity contribution is 9.10. The van der Waals surface area contributed by atoms with E-state index >= 15 is 0 Å². The molecule has 0 bridgehead atoms. The molecule has 7 heteroatoms. The first-order valence-corrected chi connectivity index (χ1v) is 7.00. The van der Waals surface area contributed by atoms with Crippen LogP contribution in [0.4, 0.5) is 5.69 Å². The Morgan fingerprint density at radius 1 is 1.55 bits per heavy atom. The monoisotopic (exact) mass is 345 g/mol. The fourth-order valence-electron chi connectivity index (χ4n) is 1.77. The van der Waals surface area contributed by atoms with Crippen LogP contribution >= 0.6 is 15.9 Å². The Kier molecular flexibility index (Phi) is 5.94. The van der Waals surface area contributed by atoms with Gasteiger partial charge in [-0.25, -0.2) is 4.79 Å². The summed E-state index contributed by atoms with van der Waals surface area (Å²) in [5.41, 5.74) is 0.286. The summed E-state index contributed by atoms with van der Waals surface area (Å²) >= 11 is 3.18. The summed E-state index contributed by atoms with van der Waals surface area (Å²) in [5, 5.41) is 20.2. The maximum Gasteiger partial charge on any atom is 0.344 e. The average Bonchev–Trinajstić information content (AvgIpc) is 2.35. The third kappa shape index (κ3) is 4.19. The van der Waals surface area contributed by atoms with Crippen molar-refractivity contribution in [2.24, 2.45) is 0 Å². The van der Waals surface area contributed by atoms with Gasteiger partial charge in [0, 0.05) is 10.5 Å². The third-order valence-corrected chi connectivity index (χ3v) is 3.23. The molecule has 20 heavy (non-hydrogen) atoms. The molecular weight excluding hydrogens is 330 g/mol. The van der Waals surface area contributed by atoms with Gasteiger partial charge in [-0.2, -0.15) is 0 Å². The molecule has 0 saturated carbocycles. The van der Waals surface area contributed by atoms with Crippen LogP contribution in [0.5, 0.6) is 5.75 Å². The maximum absolute atomic E-state index is 11.2. The van der Waals surface area contributed by atoms with Crippen LogP contribution in [-0.2, 0) is 4.79 Å². The average molecular weight is 346 g/mol. The predicted molar refractivity (Wildman–Crippen MR) is 77.1 cm³/mol. The minimum Gasteiger partial charge on any atom is -0.479 e. The van der Waals surface area contributed by atoms with Gasteiger partial charge >= 0.3 is 11.7 Å². The fourth-order valence-corrected chi connectivity index (χ4v) is 2.33. The van der Waals surface area contributed by atoms with E-state index in [1.807, 2.05) is 6.92 Å². The topological polar surface area (TPSA) is 89.7 Å². The molecule has 1 aromatic carbocycles. The Hall–Kier alpha value is -1.63. The highest BCUT2D eigenvalue weighted by Gasteiger charge is 2.25. The summed E-state index contributed by atoms with van der Waals surface area (Å²) in [6, 6.07) is 2.96. The molecule has 0 saturated heterocycles. The smallest absolute Gasteiger partial charge is 0.344 e. The van der Waals surface area contributed by atoms with Crippen molar-refractivity contribution < 1.29 is 19.6 Å². The van der Waals surface area contributed by atoms with Gasteiger partial charge < -0.3 is 9.84 Å². The lowest BCUT2D eigenvalue weighted by atomic mass is 10.1. The normalized spacial score (nSPS) is 11.9. The second kappa shape index (κ2) is 7.23. The number of nitro groups is 1. The van der Waals surface area contributed by atoms with Crippen LogP contribution in [0, 0.1) is 17.0 Å². The molecular formula is C13H16BrNO5. The van der Waals surface area contributed by atoms with Gasteiger partial charge in [0.15, 0.2) is 6.10 Å². The predicted octanol–water partition coefficient (Wildman–Crippen LogP) is 3.69. The molecule has 1 aromatic rings. The van der Waals surface area contributed by atoms with Crippen LogP contribution < -0.4 is 4.74 Å². The van der Waals surface area contributed by atoms with E-state index in [1.165, 1.54) is 6.07 Å². The minimum atomic E-state index is -1.12. The third-order valence-electron chi connectivity index (χ3n) is 2.77. The molecule has 0 amide bonds. The number of aliphatic carboxylic acids is 1. The summed E-state index contributed by atoms with van der Waals surface area (Å²) in [5.74, 6) is -1.10. The summed E-state index contributed by atoms with van der Waals surface area (Å²) in [6.07, 6.45) is 0.751. The molecule has 1 atom stereocenters. The van der Waals surface area contributed by atoms with E-state index in [-0.39, 0.29) is 11.4 Å². The summed E-state index contributed by atoms with van der Waals surface area (Å²) in [4.78, 5) is 21.6. The number of halogens is 1. The van der Waals surface area contributed by atoms with E-state index < -0.39 is 17.0 Å². The molecule has 0 aliphatic heterocycles. The van der Waals surface area contributed by atoms with E-state index in [0.29, 0.717) is 22.9 Å². The number of carbonyl (C=O) groups is 1. The molecule has 1 rings (SSSR count). The van der Waals surface area contributed by atoms with E-state index in [4.69, 9.17) is 9.84 Å². The first-order valence-electron chi connectivity index (χ1n) is 6.20. The number of hydrogen-bond acceptors (Lipinski definition) is 4. The van der Waals surface area contributed by atoms with Crippen LogP contribution in [0.25, 0.3) is 0 Å². The highest BCUT2D eigenvalue weighted by Crippen LogP contribution is 2.35. The first-order chi connectivity index (χ1) is 9.36. The number of nitrogens with zero attached hydrogens (tertiary/aromatic N) is 1. The Morgan fingerprint density at radius 3 is 2.70 bits per heavy atom. The lowest BCUT2D eigenvalue weighted by Gasteiger charge is -2.16. The maximum atomic E-state index is 11.2. The summed E-state index contributed by atoms with van der Waals surface area (Å²) < 4.78 is 5.94. The minimum absolute atomic E-state index is 0.0155. The molecule has 6 nitrogen and oxygen atoms in total. The van der Waals surface area contributed by atoms with Crippen molar-refractivity contribution in [2.45, 2.75) is 39.2 Å². The second-order valence-electron chi connectivity index (χ2n) is 4.42. The molecule has 0 aliphatic carbocycles. The van der Waals surface area contributed by atoms with Crippen molar-refractivity contribution >= 4 is 27.6 Å². The number of carboxylic acids is 1. The second-order valence-corrected chi connectivity index (χ2v) is 5.33. The molecule has 1 unspecified atom stereocenters. The van der Waals surface area contributed by atoms with Crippen molar-refractivity contribution in [3.8, 4) is 5.75 Å². The largest absolute Gasteiger partial charge is 0.479 e. The number of rotatable bonds is 7. The number of carboxylic acid groups (broad SMARTS) is 1. The van der Waals surface area contributed by atoms with Crippen LogP contribution in [0.3, 0.4) is 0 Å². The molecule has 0 spiro atoms. The molecule has 0 aromatic heterocycles. The lowest BCUT2D eigenvalue weighted by Crippen LogP contribution is -2.27. The van der Waals surface area contributed by atoms with Crippen molar-refractivity contribution in [1.29, 1.82) is 0 Å². The van der Waals surface area contributed by atoms with Crippen LogP contribution in [0.2, 0.25) is 0 Å². The van der Waals surface area contributed by atoms with Crippen molar-refractivity contribution in [1.82, 2.24) is 0 Å². The number of hydrogen-bond donors (Lipinski definition) is 1. The SMILES string of the molecule is CCCCC(Oc1c(C)cc(Br)cc1[N+](=O)[O-])C(=O)O. The van der Waals surface area contributed by atoms with Gasteiger partial charge in [0.2, 0.25) is 5.75 Å². The fraction of sp³-hybridized carbons (Fsp3) is 0.462. The van der Waals surface area contributed by atoms with Crippen LogP contribution in [-0.4, -0.2) is 22.1 Å². The van der Waals surface area contributed by atoms with Gasteiger partial charge in [0.05, 0.1) is 4.92 Å². The van der Waals surface area contributed by atoms with E-state index in [0.717, 1.165) is 6.42 Å². The highest BCUT2D eigenvalue weighted by atomic mass is 79.9. The lowest BCUT2D eigenvalue weighted by molar-refractivity contribution is -0.386. The Bertz CT molecular complexity index is 518. The summed E-state index contributed by atoms with van der Waals surface area (Å²) in [6.45, 7) is 3.58. The van der Waals surface area contributed by atoms with Crippen molar-refractivity contribution in [3.63, 3.8) is 0 Å². The molecule has 0 aliphatic rings. The van der Waals surface area contributed by atoms with Gasteiger partial charge in [-0.15, -0.1) is 0 Å². The summed E-state index contributed by atoms with van der Waals surface area (Å²) in [7, 11) is 0. The zero-order valence-electron chi connectivity index (χ0n) is 11.3. The Labute approximate surface area is 125 Å². The van der Waals surface area contributed by atoms with Gasteiger partial charge in [0.25, 0.3) is 0 Å². The van der Waals surface area contributed by atoms with Gasteiger partial charge in [0.1, 0.15) is 0 Å². The van der Waals surface area contributed by atoms with Gasteiger partial charge in [-0.1, -0.05) is 29.3 Å². The molecule has 0 radical (unpaired) electrons. The molecule has 0 fully saturated rings. The quantitative estimate of drug-likeness (QED) is 0.601. The van der Waals surface area contributed by atoms with E-state index in [2.05, 4.69) is 15.9 Å². The van der Waals surface area contributed by atoms with Gasteiger partial charge in [-0.3, -0.25) is 10.1 Å². The number of unbranched alkanes of at least 4 members (excludes halogenated alkanes) is 1. The van der Waals surface area contributed by atoms with Crippen LogP contribution in [0.1, 0.15) is 31.7 Å².